The number of nitrogens with one attached hydrogen (secondary N) is 1. The Hall–Kier alpha value is -0.920. The number of aliphatic hydroxyl groups excluding tert-OH is 1. The monoisotopic (exact) mass is 644 g/mol. The molecule has 0 aliphatic carbocycles. The van der Waals surface area contributed by atoms with Gasteiger partial charge in [-0.05, 0) is 19.3 Å². The molecule has 0 fully saturated rings. The van der Waals surface area contributed by atoms with E-state index in [-0.39, 0.29) is 5.91 Å². The first kappa shape index (κ1) is 43.1. The summed E-state index contributed by atoms with van der Waals surface area (Å²) in [5, 5.41) is 13.1. The number of unbranched alkanes of at least 4 members (excludes halogenated alkanes) is 26. The lowest BCUT2D eigenvalue weighted by Gasteiger charge is -2.21. The minimum absolute atomic E-state index is 0.279. The Labute approximate surface area is 273 Å². The molecule has 3 N–H and O–H groups in total. The van der Waals surface area contributed by atoms with Crippen molar-refractivity contribution in [2.24, 2.45) is 0 Å². The van der Waals surface area contributed by atoms with Crippen LogP contribution in [0.1, 0.15) is 200 Å². The zero-order valence-corrected chi connectivity index (χ0v) is 29.9. The lowest BCUT2D eigenvalue weighted by molar-refractivity contribution is -0.122. The van der Waals surface area contributed by atoms with E-state index >= 15 is 0 Å². The molecule has 0 saturated heterocycles. The lowest BCUT2D eigenvalue weighted by Crippen LogP contribution is -2.46. The van der Waals surface area contributed by atoms with E-state index in [1.165, 1.54) is 147 Å². The van der Waals surface area contributed by atoms with E-state index in [2.05, 4.69) is 19.2 Å². The first-order valence-corrected chi connectivity index (χ1v) is 20.5. The number of hydrogen-bond donors (Lipinski definition) is 3. The summed E-state index contributed by atoms with van der Waals surface area (Å²) in [4.78, 5) is 12.4. The molecule has 44 heavy (non-hydrogen) atoms. The minimum Gasteiger partial charge on any atom is -0.387 e. The van der Waals surface area contributed by atoms with E-state index in [9.17, 15) is 22.9 Å². The number of carbonyl (C=O) groups excluding carboxylic acids is 1. The fourth-order valence-electron chi connectivity index (χ4n) is 5.86. The first-order chi connectivity index (χ1) is 21.3. The van der Waals surface area contributed by atoms with Crippen molar-refractivity contribution < 1.29 is 22.9 Å². The smallest absolute Gasteiger partial charge is 0.267 e. The molecular weight excluding hydrogens is 570 g/mol. The molecule has 0 aliphatic rings. The van der Waals surface area contributed by atoms with Crippen molar-refractivity contribution in [2.75, 3.05) is 5.75 Å². The summed E-state index contributed by atoms with van der Waals surface area (Å²) in [5.74, 6) is -0.973. The number of hydrogen-bond acceptors (Lipinski definition) is 4. The van der Waals surface area contributed by atoms with Gasteiger partial charge in [0, 0.05) is 6.42 Å². The molecule has 0 radical (unpaired) electrons. The van der Waals surface area contributed by atoms with Gasteiger partial charge in [0.2, 0.25) is 5.91 Å². The van der Waals surface area contributed by atoms with Crippen LogP contribution in [0.4, 0.5) is 0 Å². The van der Waals surface area contributed by atoms with Crippen molar-refractivity contribution in [2.45, 2.75) is 212 Å². The third-order valence-electron chi connectivity index (χ3n) is 8.71. The van der Waals surface area contributed by atoms with Crippen LogP contribution in [0.3, 0.4) is 0 Å². The Morgan fingerprint density at radius 1 is 0.591 bits per heavy atom. The molecule has 6 nitrogen and oxygen atoms in total. The summed E-state index contributed by atoms with van der Waals surface area (Å²) in [7, 11) is -4.32. The van der Waals surface area contributed by atoms with Crippen LogP contribution in [-0.2, 0) is 14.9 Å². The van der Waals surface area contributed by atoms with Gasteiger partial charge in [-0.1, -0.05) is 187 Å². The average Bonchev–Trinajstić information content (AvgIpc) is 2.98. The molecule has 1 amide bonds. The Morgan fingerprint density at radius 3 is 1.30 bits per heavy atom. The van der Waals surface area contributed by atoms with Crippen LogP contribution >= 0.6 is 0 Å². The van der Waals surface area contributed by atoms with E-state index in [0.29, 0.717) is 6.42 Å². The molecule has 0 aromatic carbocycles. The molecule has 0 heterocycles. The van der Waals surface area contributed by atoms with Gasteiger partial charge < -0.3 is 10.4 Å². The van der Waals surface area contributed by atoms with Gasteiger partial charge in [0.05, 0.1) is 17.9 Å². The maximum Gasteiger partial charge on any atom is 0.267 e. The van der Waals surface area contributed by atoms with Gasteiger partial charge in [-0.2, -0.15) is 8.42 Å². The number of aliphatic hydroxyl groups is 1. The molecule has 7 heteroatoms. The van der Waals surface area contributed by atoms with Crippen LogP contribution in [0.5, 0.6) is 0 Å². The predicted molar refractivity (Wildman–Crippen MR) is 189 cm³/mol. The summed E-state index contributed by atoms with van der Waals surface area (Å²) in [6, 6.07) is -1.05. The predicted octanol–water partition coefficient (Wildman–Crippen LogP) is 10.6. The van der Waals surface area contributed by atoms with E-state index in [4.69, 9.17) is 0 Å². The largest absolute Gasteiger partial charge is 0.387 e. The third kappa shape index (κ3) is 32.5. The van der Waals surface area contributed by atoms with Crippen molar-refractivity contribution in [1.82, 2.24) is 5.32 Å². The molecule has 2 unspecified atom stereocenters. The highest BCUT2D eigenvalue weighted by Crippen LogP contribution is 2.16. The highest BCUT2D eigenvalue weighted by atomic mass is 32.2. The second-order valence-corrected chi connectivity index (χ2v) is 14.7. The van der Waals surface area contributed by atoms with Gasteiger partial charge in [-0.15, -0.1) is 0 Å². The van der Waals surface area contributed by atoms with Gasteiger partial charge in [-0.3, -0.25) is 9.35 Å². The van der Waals surface area contributed by atoms with Crippen LogP contribution in [0.2, 0.25) is 0 Å². The molecule has 0 aromatic heterocycles. The molecule has 0 bridgehead atoms. The van der Waals surface area contributed by atoms with Gasteiger partial charge in [0.15, 0.2) is 0 Å². The van der Waals surface area contributed by atoms with Crippen LogP contribution in [0, 0.1) is 0 Å². The van der Waals surface area contributed by atoms with Gasteiger partial charge in [-0.25, -0.2) is 0 Å². The van der Waals surface area contributed by atoms with E-state index < -0.39 is 28.0 Å². The minimum atomic E-state index is -4.32. The fourth-order valence-corrected chi connectivity index (χ4v) is 6.60. The van der Waals surface area contributed by atoms with Crippen LogP contribution < -0.4 is 5.32 Å². The second kappa shape index (κ2) is 32.0. The van der Waals surface area contributed by atoms with Crippen molar-refractivity contribution >= 4 is 16.0 Å². The first-order valence-electron chi connectivity index (χ1n) is 18.9. The molecule has 0 saturated carbocycles. The summed E-state index contributed by atoms with van der Waals surface area (Å²) < 4.78 is 32.2. The second-order valence-electron chi connectivity index (χ2n) is 13.2. The highest BCUT2D eigenvalue weighted by Gasteiger charge is 2.24. The summed E-state index contributed by atoms with van der Waals surface area (Å²) in [5.41, 5.74) is 0. The quantitative estimate of drug-likeness (QED) is 0.0368. The van der Waals surface area contributed by atoms with Crippen molar-refractivity contribution in [1.29, 1.82) is 0 Å². The Bertz CT molecular complexity index is 755. The summed E-state index contributed by atoms with van der Waals surface area (Å²) in [6.45, 7) is 4.45. The number of allylic oxidation sites excluding steroid dienone is 1. The van der Waals surface area contributed by atoms with Crippen molar-refractivity contribution in [3.05, 3.63) is 12.2 Å². The molecule has 262 valence electrons. The van der Waals surface area contributed by atoms with Crippen LogP contribution in [-0.4, -0.2) is 41.9 Å². The zero-order valence-electron chi connectivity index (χ0n) is 29.1. The molecular formula is C37H73NO5S. The van der Waals surface area contributed by atoms with Gasteiger partial charge in [0.1, 0.15) is 0 Å². The van der Waals surface area contributed by atoms with Crippen LogP contribution in [0.25, 0.3) is 0 Å². The Morgan fingerprint density at radius 2 is 0.932 bits per heavy atom. The topological polar surface area (TPSA) is 104 Å². The Balaban J connectivity index is 3.72. The molecule has 0 rings (SSSR count). The van der Waals surface area contributed by atoms with E-state index in [0.717, 1.165) is 38.5 Å². The van der Waals surface area contributed by atoms with Gasteiger partial charge >= 0.3 is 0 Å². The number of amides is 1. The SMILES string of the molecule is CCCCCCC/C=C/C(O)C(CS(=O)(=O)O)NC(=O)CCCCCCCCCCCCCCCCCCCCCCCC. The van der Waals surface area contributed by atoms with E-state index in [1.54, 1.807) is 0 Å². The van der Waals surface area contributed by atoms with Crippen molar-refractivity contribution in [3.8, 4) is 0 Å². The highest BCUT2D eigenvalue weighted by molar-refractivity contribution is 7.85. The van der Waals surface area contributed by atoms with Gasteiger partial charge in [0.25, 0.3) is 10.1 Å². The average molecular weight is 644 g/mol. The molecule has 0 aliphatic heterocycles. The zero-order chi connectivity index (χ0) is 32.6. The lowest BCUT2D eigenvalue weighted by atomic mass is 10.0. The fraction of sp³-hybridized carbons (Fsp3) is 0.919. The number of carbonyl (C=O) groups is 1. The molecule has 0 spiro atoms. The summed E-state index contributed by atoms with van der Waals surface area (Å²) in [6.07, 6.45) is 38.0. The van der Waals surface area contributed by atoms with E-state index in [1.807, 2.05) is 6.08 Å². The maximum absolute atomic E-state index is 12.4. The number of rotatable bonds is 34. The normalized spacial score (nSPS) is 13.5. The maximum atomic E-state index is 12.4. The molecule has 0 aromatic rings. The van der Waals surface area contributed by atoms with Crippen molar-refractivity contribution in [3.63, 3.8) is 0 Å². The van der Waals surface area contributed by atoms with Crippen LogP contribution in [0.15, 0.2) is 12.2 Å². The Kier molecular flexibility index (Phi) is 31.4. The summed E-state index contributed by atoms with van der Waals surface area (Å²) >= 11 is 0. The standard InChI is InChI=1S/C37H73NO5S/c1-3-5-7-9-11-12-13-14-15-16-17-18-19-20-21-22-23-24-25-27-29-31-33-37(40)38-35(34-44(41,42)43)36(39)32-30-28-26-10-8-6-4-2/h30,32,35-36,39H,3-29,31,33-34H2,1-2H3,(H,38,40)(H,41,42,43)/b32-30+. The molecule has 2 atom stereocenters. The third-order valence-corrected chi connectivity index (χ3v) is 9.49.